The van der Waals surface area contributed by atoms with E-state index in [1.165, 1.54) is 11.6 Å². The van der Waals surface area contributed by atoms with Gasteiger partial charge in [0.15, 0.2) is 0 Å². The Labute approximate surface area is 107 Å². The molecule has 0 spiro atoms. The summed E-state index contributed by atoms with van der Waals surface area (Å²) in [5.74, 6) is -0.172. The van der Waals surface area contributed by atoms with E-state index in [2.05, 4.69) is 10.4 Å². The molecule has 3 nitrogen and oxygen atoms in total. The highest BCUT2D eigenvalue weighted by Gasteiger charge is 2.08. The number of anilines is 1. The summed E-state index contributed by atoms with van der Waals surface area (Å²) >= 11 is 0. The lowest BCUT2D eigenvalue weighted by atomic mass is 10.1. The summed E-state index contributed by atoms with van der Waals surface area (Å²) in [5, 5.41) is 7.68. The molecule has 1 aromatic heterocycles. The van der Waals surface area contributed by atoms with Crippen LogP contribution >= 0.6 is 0 Å². The lowest BCUT2D eigenvalue weighted by Gasteiger charge is -2.08. The van der Waals surface area contributed by atoms with E-state index < -0.39 is 0 Å². The third-order valence-electron chi connectivity index (χ3n) is 3.29. The fourth-order valence-electron chi connectivity index (χ4n) is 2.02. The summed E-state index contributed by atoms with van der Waals surface area (Å²) in [6, 6.07) is 5.06. The van der Waals surface area contributed by atoms with Crippen molar-refractivity contribution in [2.24, 2.45) is 7.05 Å². The molecule has 18 heavy (non-hydrogen) atoms. The first-order valence-electron chi connectivity index (χ1n) is 5.98. The van der Waals surface area contributed by atoms with Crippen molar-refractivity contribution in [1.29, 1.82) is 0 Å². The topological polar surface area (TPSA) is 29.9 Å². The SMILES string of the molecule is Cc1cc(NCc2c(C)nn(C)c2C)ccc1F. The monoisotopic (exact) mass is 247 g/mol. The van der Waals surface area contributed by atoms with Crippen LogP contribution in [0, 0.1) is 26.6 Å². The molecular formula is C14H18FN3. The molecule has 0 fully saturated rings. The minimum Gasteiger partial charge on any atom is -0.381 e. The van der Waals surface area contributed by atoms with Crippen molar-refractivity contribution in [1.82, 2.24) is 9.78 Å². The summed E-state index contributed by atoms with van der Waals surface area (Å²) in [6.45, 7) is 6.52. The minimum absolute atomic E-state index is 0.172. The predicted molar refractivity (Wildman–Crippen MR) is 71.1 cm³/mol. The molecule has 0 saturated heterocycles. The van der Waals surface area contributed by atoms with Crippen molar-refractivity contribution in [3.05, 3.63) is 46.5 Å². The third-order valence-corrected chi connectivity index (χ3v) is 3.29. The van der Waals surface area contributed by atoms with Gasteiger partial charge in [0.2, 0.25) is 0 Å². The van der Waals surface area contributed by atoms with E-state index in [1.807, 2.05) is 31.6 Å². The first-order valence-corrected chi connectivity index (χ1v) is 5.98. The number of hydrogen-bond acceptors (Lipinski definition) is 2. The summed E-state index contributed by atoms with van der Waals surface area (Å²) in [7, 11) is 1.94. The number of rotatable bonds is 3. The summed E-state index contributed by atoms with van der Waals surface area (Å²) in [5.41, 5.74) is 4.95. The van der Waals surface area contributed by atoms with Gasteiger partial charge in [-0.15, -0.1) is 0 Å². The first kappa shape index (κ1) is 12.6. The molecule has 0 unspecified atom stereocenters. The summed E-state index contributed by atoms with van der Waals surface area (Å²) in [4.78, 5) is 0. The van der Waals surface area contributed by atoms with Crippen LogP contribution in [-0.2, 0) is 13.6 Å². The van der Waals surface area contributed by atoms with Gasteiger partial charge in [0, 0.05) is 30.5 Å². The van der Waals surface area contributed by atoms with Crippen LogP contribution in [-0.4, -0.2) is 9.78 Å². The highest BCUT2D eigenvalue weighted by atomic mass is 19.1. The van der Waals surface area contributed by atoms with E-state index in [4.69, 9.17) is 0 Å². The van der Waals surface area contributed by atoms with Crippen LogP contribution in [0.2, 0.25) is 0 Å². The Morgan fingerprint density at radius 3 is 2.56 bits per heavy atom. The van der Waals surface area contributed by atoms with Gasteiger partial charge >= 0.3 is 0 Å². The molecule has 1 aromatic carbocycles. The van der Waals surface area contributed by atoms with Gasteiger partial charge in [-0.25, -0.2) is 4.39 Å². The molecule has 0 atom stereocenters. The van der Waals surface area contributed by atoms with Crippen LogP contribution in [0.25, 0.3) is 0 Å². The largest absolute Gasteiger partial charge is 0.381 e. The fraction of sp³-hybridized carbons (Fsp3) is 0.357. The van der Waals surface area contributed by atoms with Gasteiger partial charge in [-0.2, -0.15) is 5.10 Å². The van der Waals surface area contributed by atoms with Crippen molar-refractivity contribution in [3.8, 4) is 0 Å². The Balaban J connectivity index is 2.14. The molecule has 0 aliphatic heterocycles. The van der Waals surface area contributed by atoms with Gasteiger partial charge in [0.05, 0.1) is 5.69 Å². The molecule has 0 saturated carbocycles. The lowest BCUT2D eigenvalue weighted by molar-refractivity contribution is 0.618. The third kappa shape index (κ3) is 2.37. The van der Waals surface area contributed by atoms with Crippen molar-refractivity contribution >= 4 is 5.69 Å². The molecule has 2 rings (SSSR count). The highest BCUT2D eigenvalue weighted by molar-refractivity contribution is 5.47. The maximum atomic E-state index is 13.2. The Bertz CT molecular complexity index is 573. The van der Waals surface area contributed by atoms with Crippen LogP contribution in [0.15, 0.2) is 18.2 Å². The number of benzene rings is 1. The van der Waals surface area contributed by atoms with Crippen molar-refractivity contribution in [2.45, 2.75) is 27.3 Å². The smallest absolute Gasteiger partial charge is 0.126 e. The fourth-order valence-corrected chi connectivity index (χ4v) is 2.02. The molecule has 2 aromatic rings. The standard InChI is InChI=1S/C14H18FN3/c1-9-7-12(5-6-14(9)15)16-8-13-10(2)17-18(4)11(13)3/h5-7,16H,8H2,1-4H3. The zero-order valence-electron chi connectivity index (χ0n) is 11.2. The molecule has 96 valence electrons. The number of nitrogens with zero attached hydrogens (tertiary/aromatic N) is 2. The van der Waals surface area contributed by atoms with Crippen molar-refractivity contribution < 1.29 is 4.39 Å². The van der Waals surface area contributed by atoms with E-state index >= 15 is 0 Å². The average Bonchev–Trinajstić information content (AvgIpc) is 2.56. The zero-order chi connectivity index (χ0) is 13.3. The van der Waals surface area contributed by atoms with Gasteiger partial charge in [-0.1, -0.05) is 0 Å². The molecule has 0 aliphatic rings. The maximum absolute atomic E-state index is 13.2. The molecule has 0 bridgehead atoms. The summed E-state index contributed by atoms with van der Waals surface area (Å²) < 4.78 is 15.0. The molecule has 4 heteroatoms. The number of halogens is 1. The Morgan fingerprint density at radius 2 is 2.00 bits per heavy atom. The van der Waals surface area contributed by atoms with Crippen molar-refractivity contribution in [3.63, 3.8) is 0 Å². The van der Waals surface area contributed by atoms with Crippen molar-refractivity contribution in [2.75, 3.05) is 5.32 Å². The molecule has 1 N–H and O–H groups in total. The van der Waals surface area contributed by atoms with E-state index in [0.29, 0.717) is 12.1 Å². The van der Waals surface area contributed by atoms with Crippen LogP contribution in [0.4, 0.5) is 10.1 Å². The lowest BCUT2D eigenvalue weighted by Crippen LogP contribution is -2.02. The normalized spacial score (nSPS) is 10.7. The van der Waals surface area contributed by atoms with E-state index in [-0.39, 0.29) is 5.82 Å². The molecule has 1 heterocycles. The quantitative estimate of drug-likeness (QED) is 0.903. The molecule has 0 radical (unpaired) electrons. The highest BCUT2D eigenvalue weighted by Crippen LogP contribution is 2.17. The summed E-state index contributed by atoms with van der Waals surface area (Å²) in [6.07, 6.45) is 0. The second-order valence-corrected chi connectivity index (χ2v) is 4.59. The molecular weight excluding hydrogens is 229 g/mol. The average molecular weight is 247 g/mol. The minimum atomic E-state index is -0.172. The van der Waals surface area contributed by atoms with Gasteiger partial charge in [0.1, 0.15) is 5.82 Å². The maximum Gasteiger partial charge on any atom is 0.126 e. The second kappa shape index (κ2) is 4.80. The van der Waals surface area contributed by atoms with Crippen LogP contribution < -0.4 is 5.32 Å². The Kier molecular flexibility index (Phi) is 3.36. The molecule has 0 amide bonds. The zero-order valence-corrected chi connectivity index (χ0v) is 11.2. The van der Waals surface area contributed by atoms with Crippen LogP contribution in [0.1, 0.15) is 22.5 Å². The van der Waals surface area contributed by atoms with Gasteiger partial charge in [-0.3, -0.25) is 4.68 Å². The predicted octanol–water partition coefficient (Wildman–Crippen LogP) is 3.10. The van der Waals surface area contributed by atoms with E-state index in [9.17, 15) is 4.39 Å². The van der Waals surface area contributed by atoms with Gasteiger partial charge < -0.3 is 5.32 Å². The van der Waals surface area contributed by atoms with Crippen LogP contribution in [0.3, 0.4) is 0 Å². The number of aromatic nitrogens is 2. The number of nitrogens with one attached hydrogen (secondary N) is 1. The first-order chi connectivity index (χ1) is 8.49. The Hall–Kier alpha value is -1.84. The van der Waals surface area contributed by atoms with Gasteiger partial charge in [0.25, 0.3) is 0 Å². The van der Waals surface area contributed by atoms with E-state index in [1.54, 1.807) is 13.0 Å². The van der Waals surface area contributed by atoms with E-state index in [0.717, 1.165) is 17.1 Å². The van der Waals surface area contributed by atoms with Crippen LogP contribution in [0.5, 0.6) is 0 Å². The Morgan fingerprint density at radius 1 is 1.28 bits per heavy atom. The van der Waals surface area contributed by atoms with Gasteiger partial charge in [-0.05, 0) is 44.5 Å². The second-order valence-electron chi connectivity index (χ2n) is 4.59. The number of aryl methyl sites for hydroxylation is 3. The molecule has 0 aliphatic carbocycles. The number of hydrogen-bond donors (Lipinski definition) is 1.